The zero-order valence-corrected chi connectivity index (χ0v) is 12.3. The number of rotatable bonds is 5. The summed E-state index contributed by atoms with van der Waals surface area (Å²) in [4.78, 5) is 11.7. The minimum absolute atomic E-state index is 0.173. The summed E-state index contributed by atoms with van der Waals surface area (Å²) >= 11 is 0. The van der Waals surface area contributed by atoms with Gasteiger partial charge in [-0.15, -0.1) is 0 Å². The van der Waals surface area contributed by atoms with Crippen LogP contribution in [0.1, 0.15) is 53.9 Å². The lowest BCUT2D eigenvalue weighted by Gasteiger charge is -2.39. The van der Waals surface area contributed by atoms with Crippen molar-refractivity contribution in [3.8, 4) is 0 Å². The van der Waals surface area contributed by atoms with Gasteiger partial charge >= 0.3 is 5.97 Å². The number of carbonyl (C=O) groups excluding carboxylic acids is 1. The summed E-state index contributed by atoms with van der Waals surface area (Å²) < 4.78 is 11.2. The second kappa shape index (κ2) is 6.37. The maximum absolute atomic E-state index is 11.7. The van der Waals surface area contributed by atoms with Gasteiger partial charge in [-0.2, -0.15) is 0 Å². The van der Waals surface area contributed by atoms with Crippen molar-refractivity contribution in [2.24, 2.45) is 5.92 Å². The fraction of sp³-hybridized carbons (Fsp3) is 0.800. The van der Waals surface area contributed by atoms with Crippen molar-refractivity contribution in [1.29, 1.82) is 0 Å². The van der Waals surface area contributed by atoms with Crippen molar-refractivity contribution in [2.75, 3.05) is 6.61 Å². The highest BCUT2D eigenvalue weighted by Crippen LogP contribution is 2.35. The number of hydrogen-bond acceptors (Lipinski definition) is 3. The standard InChI is InChI=1S/C15H26O3/c1-6-15(10-14(16)17-7-2)9-12(5)8-13(18-15)11(3)4/h9,11,13H,6-8,10H2,1-5H3/t13-,15+/m1/s1. The molecular formula is C15H26O3. The first-order valence-electron chi connectivity index (χ1n) is 6.94. The fourth-order valence-electron chi connectivity index (χ4n) is 2.43. The molecule has 1 rings (SSSR count). The molecule has 0 saturated carbocycles. The molecule has 0 N–H and O–H groups in total. The number of hydrogen-bond donors (Lipinski definition) is 0. The minimum atomic E-state index is -0.469. The van der Waals surface area contributed by atoms with Gasteiger partial charge in [-0.1, -0.05) is 32.4 Å². The van der Waals surface area contributed by atoms with Gasteiger partial charge in [-0.25, -0.2) is 0 Å². The van der Waals surface area contributed by atoms with E-state index < -0.39 is 5.60 Å². The van der Waals surface area contributed by atoms with Crippen molar-refractivity contribution < 1.29 is 14.3 Å². The summed E-state index contributed by atoms with van der Waals surface area (Å²) in [6.07, 6.45) is 4.39. The molecule has 1 aliphatic rings. The smallest absolute Gasteiger partial charge is 0.309 e. The zero-order valence-electron chi connectivity index (χ0n) is 12.3. The molecule has 18 heavy (non-hydrogen) atoms. The van der Waals surface area contributed by atoms with E-state index in [1.165, 1.54) is 5.57 Å². The third kappa shape index (κ3) is 3.84. The lowest BCUT2D eigenvalue weighted by atomic mass is 9.86. The Balaban J connectivity index is 2.85. The summed E-state index contributed by atoms with van der Waals surface area (Å²) in [6.45, 7) is 10.8. The Morgan fingerprint density at radius 2 is 2.22 bits per heavy atom. The molecule has 0 unspecified atom stereocenters. The van der Waals surface area contributed by atoms with E-state index in [0.29, 0.717) is 18.9 Å². The molecule has 0 radical (unpaired) electrons. The Kier molecular flexibility index (Phi) is 5.39. The first-order valence-corrected chi connectivity index (χ1v) is 6.94. The van der Waals surface area contributed by atoms with Crippen molar-refractivity contribution in [3.05, 3.63) is 11.6 Å². The van der Waals surface area contributed by atoms with Gasteiger partial charge in [-0.05, 0) is 32.6 Å². The summed E-state index contributed by atoms with van der Waals surface area (Å²) in [5.74, 6) is 0.287. The van der Waals surface area contributed by atoms with Crippen LogP contribution < -0.4 is 0 Å². The molecule has 0 saturated heterocycles. The first kappa shape index (κ1) is 15.2. The zero-order chi connectivity index (χ0) is 13.8. The van der Waals surface area contributed by atoms with Crippen LogP contribution in [0.4, 0.5) is 0 Å². The molecule has 0 aromatic heterocycles. The Bertz CT molecular complexity index is 320. The highest BCUT2D eigenvalue weighted by molar-refractivity contribution is 5.71. The number of esters is 1. The normalized spacial score (nSPS) is 28.1. The minimum Gasteiger partial charge on any atom is -0.466 e. The lowest BCUT2D eigenvalue weighted by molar-refractivity contribution is -0.155. The Morgan fingerprint density at radius 3 is 2.72 bits per heavy atom. The van der Waals surface area contributed by atoms with E-state index in [1.54, 1.807) is 0 Å². The van der Waals surface area contributed by atoms with Crippen LogP contribution in [-0.2, 0) is 14.3 Å². The van der Waals surface area contributed by atoms with Crippen molar-refractivity contribution in [3.63, 3.8) is 0 Å². The van der Waals surface area contributed by atoms with E-state index in [-0.39, 0.29) is 12.1 Å². The quantitative estimate of drug-likeness (QED) is 0.556. The van der Waals surface area contributed by atoms with Gasteiger partial charge in [0.15, 0.2) is 0 Å². The molecule has 0 aromatic rings. The SMILES string of the molecule is CCOC(=O)C[C@]1(CC)C=C(C)C[C@H](C(C)C)O1. The van der Waals surface area contributed by atoms with Crippen molar-refractivity contribution >= 4 is 5.97 Å². The third-order valence-corrected chi connectivity index (χ3v) is 3.51. The van der Waals surface area contributed by atoms with Gasteiger partial charge in [0, 0.05) is 0 Å². The summed E-state index contributed by atoms with van der Waals surface area (Å²) in [5, 5.41) is 0. The molecule has 2 atom stereocenters. The van der Waals surface area contributed by atoms with E-state index in [2.05, 4.69) is 33.8 Å². The number of carbonyl (C=O) groups is 1. The van der Waals surface area contributed by atoms with Crippen LogP contribution in [0.5, 0.6) is 0 Å². The monoisotopic (exact) mass is 254 g/mol. The Morgan fingerprint density at radius 1 is 1.56 bits per heavy atom. The molecule has 0 amide bonds. The molecule has 0 aromatic carbocycles. The van der Waals surface area contributed by atoms with Crippen molar-refractivity contribution in [2.45, 2.75) is 65.6 Å². The lowest BCUT2D eigenvalue weighted by Crippen LogP contribution is -2.42. The largest absolute Gasteiger partial charge is 0.466 e. The van der Waals surface area contributed by atoms with E-state index in [9.17, 15) is 4.79 Å². The van der Waals surface area contributed by atoms with Crippen LogP contribution in [-0.4, -0.2) is 24.3 Å². The van der Waals surface area contributed by atoms with E-state index in [1.807, 2.05) is 6.92 Å². The van der Waals surface area contributed by atoms with Crippen LogP contribution in [0.3, 0.4) is 0 Å². The second-order valence-electron chi connectivity index (χ2n) is 5.50. The maximum atomic E-state index is 11.7. The van der Waals surface area contributed by atoms with E-state index in [0.717, 1.165) is 12.8 Å². The van der Waals surface area contributed by atoms with Crippen LogP contribution in [0.2, 0.25) is 0 Å². The molecule has 0 fully saturated rings. The van der Waals surface area contributed by atoms with Crippen LogP contribution in [0.15, 0.2) is 11.6 Å². The topological polar surface area (TPSA) is 35.5 Å². The molecule has 0 bridgehead atoms. The average molecular weight is 254 g/mol. The van der Waals surface area contributed by atoms with Crippen LogP contribution in [0.25, 0.3) is 0 Å². The Labute approximate surface area is 111 Å². The van der Waals surface area contributed by atoms with Gasteiger partial charge < -0.3 is 9.47 Å². The number of ether oxygens (including phenoxy) is 2. The van der Waals surface area contributed by atoms with Crippen molar-refractivity contribution in [1.82, 2.24) is 0 Å². The highest BCUT2D eigenvalue weighted by atomic mass is 16.5. The molecule has 104 valence electrons. The molecule has 1 heterocycles. The third-order valence-electron chi connectivity index (χ3n) is 3.51. The fourth-order valence-corrected chi connectivity index (χ4v) is 2.43. The van der Waals surface area contributed by atoms with E-state index >= 15 is 0 Å². The Hall–Kier alpha value is -0.830. The molecule has 1 aliphatic heterocycles. The van der Waals surface area contributed by atoms with Gasteiger partial charge in [0.25, 0.3) is 0 Å². The van der Waals surface area contributed by atoms with Crippen LogP contribution in [0, 0.1) is 5.92 Å². The molecule has 0 aliphatic carbocycles. The predicted molar refractivity (Wildman–Crippen MR) is 72.4 cm³/mol. The first-order chi connectivity index (χ1) is 8.42. The van der Waals surface area contributed by atoms with Crippen LogP contribution >= 0.6 is 0 Å². The molecule has 3 heteroatoms. The predicted octanol–water partition coefficient (Wildman–Crippen LogP) is 3.48. The van der Waals surface area contributed by atoms with Gasteiger partial charge in [-0.3, -0.25) is 4.79 Å². The maximum Gasteiger partial charge on any atom is 0.309 e. The summed E-state index contributed by atoms with van der Waals surface area (Å²) in [6, 6.07) is 0. The van der Waals surface area contributed by atoms with Gasteiger partial charge in [0.2, 0.25) is 0 Å². The summed E-state index contributed by atoms with van der Waals surface area (Å²) in [7, 11) is 0. The van der Waals surface area contributed by atoms with E-state index in [4.69, 9.17) is 9.47 Å². The molecule has 0 spiro atoms. The average Bonchev–Trinajstić information content (AvgIpc) is 2.28. The van der Waals surface area contributed by atoms with Gasteiger partial charge in [0.05, 0.1) is 24.7 Å². The summed E-state index contributed by atoms with van der Waals surface area (Å²) in [5.41, 5.74) is 0.842. The molecular weight excluding hydrogens is 228 g/mol. The van der Waals surface area contributed by atoms with Gasteiger partial charge in [0.1, 0.15) is 0 Å². The second-order valence-corrected chi connectivity index (χ2v) is 5.50. The molecule has 3 nitrogen and oxygen atoms in total. The highest BCUT2D eigenvalue weighted by Gasteiger charge is 2.37.